The van der Waals surface area contributed by atoms with Crippen LogP contribution in [0.4, 0.5) is 4.79 Å². The van der Waals surface area contributed by atoms with Crippen LogP contribution in [0.25, 0.3) is 0 Å². The number of rotatable bonds is 2. The SMILES string of the molecule is CN[C@@]12C[C@H](C(=O)O)C[C@@H]1CN(C(=O)N(C)C)C2. The van der Waals surface area contributed by atoms with E-state index in [2.05, 4.69) is 5.32 Å². The second-order valence-electron chi connectivity index (χ2n) is 5.64. The highest BCUT2D eigenvalue weighted by molar-refractivity contribution is 5.75. The molecule has 18 heavy (non-hydrogen) atoms. The summed E-state index contributed by atoms with van der Waals surface area (Å²) in [6.07, 6.45) is 1.27. The molecule has 6 heteroatoms. The molecule has 2 amide bonds. The first-order valence-electron chi connectivity index (χ1n) is 6.27. The lowest BCUT2D eigenvalue weighted by Gasteiger charge is -2.29. The molecule has 2 fully saturated rings. The van der Waals surface area contributed by atoms with Gasteiger partial charge >= 0.3 is 12.0 Å². The van der Waals surface area contributed by atoms with Crippen molar-refractivity contribution in [3.8, 4) is 0 Å². The Morgan fingerprint density at radius 2 is 2.11 bits per heavy atom. The van der Waals surface area contributed by atoms with E-state index in [1.165, 1.54) is 0 Å². The first kappa shape index (κ1) is 13.1. The topological polar surface area (TPSA) is 72.9 Å². The summed E-state index contributed by atoms with van der Waals surface area (Å²) in [7, 11) is 5.34. The summed E-state index contributed by atoms with van der Waals surface area (Å²) in [6, 6.07) is 0.00546. The summed E-state index contributed by atoms with van der Waals surface area (Å²) in [5.74, 6) is -0.754. The van der Waals surface area contributed by atoms with Crippen molar-refractivity contribution in [1.29, 1.82) is 0 Å². The lowest BCUT2D eigenvalue weighted by Crippen LogP contribution is -2.49. The molecular weight excluding hydrogens is 234 g/mol. The highest BCUT2D eigenvalue weighted by Gasteiger charge is 2.54. The Morgan fingerprint density at radius 3 is 2.56 bits per heavy atom. The van der Waals surface area contributed by atoms with Crippen LogP contribution >= 0.6 is 0 Å². The first-order valence-corrected chi connectivity index (χ1v) is 6.27. The van der Waals surface area contributed by atoms with Crippen LogP contribution < -0.4 is 5.32 Å². The molecule has 0 aromatic heterocycles. The number of amides is 2. The molecule has 0 aromatic carbocycles. The molecule has 1 saturated heterocycles. The fraction of sp³-hybridized carbons (Fsp3) is 0.833. The second-order valence-corrected chi connectivity index (χ2v) is 5.64. The molecule has 1 saturated carbocycles. The van der Waals surface area contributed by atoms with Gasteiger partial charge in [0.25, 0.3) is 0 Å². The van der Waals surface area contributed by atoms with Crippen LogP contribution in [0.15, 0.2) is 0 Å². The van der Waals surface area contributed by atoms with Gasteiger partial charge < -0.3 is 20.2 Å². The standard InChI is InChI=1S/C12H21N3O3/c1-13-12-5-8(10(16)17)4-9(12)6-15(7-12)11(18)14(2)3/h8-9,13H,4-7H2,1-3H3,(H,16,17)/t8-,9-,12-/m1/s1. The number of nitrogens with one attached hydrogen (secondary N) is 1. The Hall–Kier alpha value is -1.30. The predicted octanol–water partition coefficient (Wildman–Crippen LogP) is 0.0526. The summed E-state index contributed by atoms with van der Waals surface area (Å²) in [4.78, 5) is 26.4. The third-order valence-corrected chi connectivity index (χ3v) is 4.38. The number of fused-ring (bicyclic) bond motifs is 1. The molecule has 2 aliphatic rings. The zero-order valence-electron chi connectivity index (χ0n) is 11.1. The quantitative estimate of drug-likeness (QED) is 0.731. The Morgan fingerprint density at radius 1 is 1.44 bits per heavy atom. The number of nitrogens with zero attached hydrogens (tertiary/aromatic N) is 2. The number of aliphatic carboxylic acids is 1. The maximum absolute atomic E-state index is 12.0. The van der Waals surface area contributed by atoms with Crippen molar-refractivity contribution in [2.75, 3.05) is 34.2 Å². The van der Waals surface area contributed by atoms with Gasteiger partial charge in [-0.1, -0.05) is 0 Å². The van der Waals surface area contributed by atoms with Gasteiger partial charge in [0, 0.05) is 32.7 Å². The maximum Gasteiger partial charge on any atom is 0.319 e. The van der Waals surface area contributed by atoms with Crippen molar-refractivity contribution < 1.29 is 14.7 Å². The van der Waals surface area contributed by atoms with Gasteiger partial charge in [0.05, 0.1) is 5.92 Å². The molecule has 2 rings (SSSR count). The Bertz CT molecular complexity index is 372. The van der Waals surface area contributed by atoms with Gasteiger partial charge in [-0.15, -0.1) is 0 Å². The minimum absolute atomic E-state index is 0.00546. The smallest absolute Gasteiger partial charge is 0.319 e. The zero-order valence-corrected chi connectivity index (χ0v) is 11.1. The van der Waals surface area contributed by atoms with Crippen molar-refractivity contribution in [3.05, 3.63) is 0 Å². The first-order chi connectivity index (χ1) is 8.39. The molecule has 6 nitrogen and oxygen atoms in total. The number of carboxylic acids is 1. The van der Waals surface area contributed by atoms with Crippen molar-refractivity contribution in [2.45, 2.75) is 18.4 Å². The van der Waals surface area contributed by atoms with Crippen molar-refractivity contribution in [3.63, 3.8) is 0 Å². The lowest BCUT2D eigenvalue weighted by atomic mass is 9.91. The molecule has 1 aliphatic heterocycles. The highest BCUT2D eigenvalue weighted by atomic mass is 16.4. The number of hydrogen-bond acceptors (Lipinski definition) is 3. The lowest BCUT2D eigenvalue weighted by molar-refractivity contribution is -0.141. The van der Waals surface area contributed by atoms with Gasteiger partial charge in [0.2, 0.25) is 0 Å². The fourth-order valence-corrected chi connectivity index (χ4v) is 3.37. The maximum atomic E-state index is 12.0. The number of likely N-dealkylation sites (N-methyl/N-ethyl adjacent to an activating group) is 1. The van der Waals surface area contributed by atoms with Gasteiger partial charge in [0.1, 0.15) is 0 Å². The third-order valence-electron chi connectivity index (χ3n) is 4.38. The van der Waals surface area contributed by atoms with Crippen LogP contribution in [-0.2, 0) is 4.79 Å². The van der Waals surface area contributed by atoms with Crippen LogP contribution in [0.1, 0.15) is 12.8 Å². The van der Waals surface area contributed by atoms with Crippen molar-refractivity contribution >= 4 is 12.0 Å². The molecule has 0 spiro atoms. The monoisotopic (exact) mass is 255 g/mol. The van der Waals surface area contributed by atoms with Crippen LogP contribution in [-0.4, -0.2) is 66.7 Å². The highest BCUT2D eigenvalue weighted by Crippen LogP contribution is 2.44. The predicted molar refractivity (Wildman–Crippen MR) is 66.3 cm³/mol. The van der Waals surface area contributed by atoms with E-state index in [0.717, 1.165) is 0 Å². The number of likely N-dealkylation sites (tertiary alicyclic amines) is 1. The Balaban J connectivity index is 2.11. The van der Waals surface area contributed by atoms with E-state index in [0.29, 0.717) is 25.9 Å². The molecule has 1 heterocycles. The molecule has 0 radical (unpaired) electrons. The van der Waals surface area contributed by atoms with Crippen LogP contribution in [0, 0.1) is 11.8 Å². The van der Waals surface area contributed by atoms with E-state index < -0.39 is 5.97 Å². The minimum Gasteiger partial charge on any atom is -0.481 e. The molecular formula is C12H21N3O3. The van der Waals surface area contributed by atoms with Crippen molar-refractivity contribution in [1.82, 2.24) is 15.1 Å². The van der Waals surface area contributed by atoms with Crippen LogP contribution in [0.2, 0.25) is 0 Å². The Labute approximate surface area is 107 Å². The molecule has 2 N–H and O–H groups in total. The summed E-state index contributed by atoms with van der Waals surface area (Å²) in [5.41, 5.74) is -0.214. The third kappa shape index (κ3) is 1.94. The number of carbonyl (C=O) groups excluding carboxylic acids is 1. The number of carbonyl (C=O) groups is 2. The summed E-state index contributed by atoms with van der Waals surface area (Å²) in [5, 5.41) is 12.4. The van der Waals surface area contributed by atoms with Gasteiger partial charge in [-0.05, 0) is 25.8 Å². The summed E-state index contributed by atoms with van der Waals surface area (Å²) < 4.78 is 0. The van der Waals surface area contributed by atoms with Gasteiger partial charge in [-0.2, -0.15) is 0 Å². The zero-order chi connectivity index (χ0) is 13.5. The molecule has 0 bridgehead atoms. The largest absolute Gasteiger partial charge is 0.481 e. The van der Waals surface area contributed by atoms with Gasteiger partial charge in [0.15, 0.2) is 0 Å². The van der Waals surface area contributed by atoms with Crippen LogP contribution in [0.5, 0.6) is 0 Å². The average Bonchev–Trinajstić information content (AvgIpc) is 2.81. The van der Waals surface area contributed by atoms with E-state index in [-0.39, 0.29) is 23.4 Å². The number of urea groups is 1. The van der Waals surface area contributed by atoms with E-state index in [4.69, 9.17) is 5.11 Å². The number of hydrogen-bond donors (Lipinski definition) is 2. The van der Waals surface area contributed by atoms with E-state index in [9.17, 15) is 9.59 Å². The van der Waals surface area contributed by atoms with E-state index in [1.54, 1.807) is 19.0 Å². The van der Waals surface area contributed by atoms with Gasteiger partial charge in [-0.3, -0.25) is 4.79 Å². The fourth-order valence-electron chi connectivity index (χ4n) is 3.37. The van der Waals surface area contributed by atoms with Crippen LogP contribution in [0.3, 0.4) is 0 Å². The molecule has 102 valence electrons. The summed E-state index contributed by atoms with van der Waals surface area (Å²) in [6.45, 7) is 1.26. The van der Waals surface area contributed by atoms with E-state index in [1.807, 2.05) is 11.9 Å². The minimum atomic E-state index is -0.718. The molecule has 0 aromatic rings. The molecule has 3 atom stereocenters. The van der Waals surface area contributed by atoms with Gasteiger partial charge in [-0.25, -0.2) is 4.79 Å². The number of carboxylic acid groups (broad SMARTS) is 1. The summed E-state index contributed by atoms with van der Waals surface area (Å²) >= 11 is 0. The average molecular weight is 255 g/mol. The van der Waals surface area contributed by atoms with Crippen molar-refractivity contribution in [2.24, 2.45) is 11.8 Å². The molecule has 0 unspecified atom stereocenters. The second kappa shape index (κ2) is 4.42. The molecule has 1 aliphatic carbocycles. The van der Waals surface area contributed by atoms with E-state index >= 15 is 0 Å². The normalized spacial score (nSPS) is 34.5. The Kier molecular flexibility index (Phi) is 3.23.